The summed E-state index contributed by atoms with van der Waals surface area (Å²) in [7, 11) is -0.468. The Morgan fingerprint density at radius 3 is 2.26 bits per heavy atom. The second-order valence-electron chi connectivity index (χ2n) is 12.3. The number of ether oxygens (including phenoxy) is 2. The number of benzene rings is 2. The van der Waals surface area contributed by atoms with Crippen molar-refractivity contribution in [1.82, 2.24) is 14.9 Å². The molecule has 5 atom stereocenters. The van der Waals surface area contributed by atoms with Gasteiger partial charge in [-0.05, 0) is 74.8 Å². The highest BCUT2D eigenvalue weighted by Crippen LogP contribution is 2.39. The molecule has 1 aliphatic carbocycles. The van der Waals surface area contributed by atoms with E-state index < -0.39 is 27.6 Å². The van der Waals surface area contributed by atoms with Crippen LogP contribution in [0.4, 0.5) is 0 Å². The van der Waals surface area contributed by atoms with Crippen molar-refractivity contribution in [2.24, 2.45) is 5.41 Å². The lowest BCUT2D eigenvalue weighted by molar-refractivity contribution is -0.135. The first-order chi connectivity index (χ1) is 20.2. The van der Waals surface area contributed by atoms with Crippen molar-refractivity contribution in [2.45, 2.75) is 93.0 Å². The third-order valence-electron chi connectivity index (χ3n) is 9.52. The number of rotatable bonds is 13. The lowest BCUT2D eigenvalue weighted by Crippen LogP contribution is -2.57. The number of carbonyl (C=O) groups is 1. The molecule has 230 valence electrons. The molecule has 2 bridgehead atoms. The predicted octanol–water partition coefficient (Wildman–Crippen LogP) is 3.26. The molecule has 9 nitrogen and oxygen atoms in total. The highest BCUT2D eigenvalue weighted by Gasteiger charge is 2.45. The first-order valence-electron chi connectivity index (χ1n) is 15.2. The largest absolute Gasteiger partial charge is 0.497 e. The second kappa shape index (κ2) is 13.4. The fourth-order valence-electron chi connectivity index (χ4n) is 7.29. The van der Waals surface area contributed by atoms with E-state index in [-0.39, 0.29) is 28.9 Å². The molecule has 0 aromatic heterocycles. The molecule has 2 aromatic carbocycles. The van der Waals surface area contributed by atoms with E-state index in [2.05, 4.69) is 14.9 Å². The van der Waals surface area contributed by atoms with Crippen molar-refractivity contribution in [3.8, 4) is 5.75 Å². The number of nitrogens with zero attached hydrogens (tertiary/aromatic N) is 1. The molecular formula is C32H45N3O6S. The summed E-state index contributed by atoms with van der Waals surface area (Å²) in [6, 6.07) is 16.1. The topological polar surface area (TPSA) is 117 Å². The van der Waals surface area contributed by atoms with Gasteiger partial charge in [0.2, 0.25) is 15.9 Å². The van der Waals surface area contributed by atoms with E-state index in [1.807, 2.05) is 30.3 Å². The standard InChI is InChI=1S/C32H45N3O6S/c1-40-22-32(16-6-7-17-32)31(37)33-29(18-23-8-4-3-5-9-23)30(36)21-35-25-10-11-26(35)20-24(19-25)34-42(38,39)28-14-12-27(41-2)13-15-28/h3-5,8-9,12-15,24-26,29-30,34,36H,6-7,10-11,16-22H2,1-2H3,(H,33,37)/t24?,25-,26+,29-,30?/m0/s1. The average Bonchev–Trinajstić information content (AvgIpc) is 3.55. The van der Waals surface area contributed by atoms with Gasteiger partial charge in [0.15, 0.2) is 0 Å². The molecule has 1 amide bonds. The van der Waals surface area contributed by atoms with Crippen molar-refractivity contribution in [3.05, 3.63) is 60.2 Å². The third kappa shape index (κ3) is 7.00. The van der Waals surface area contributed by atoms with Crippen LogP contribution in [0.15, 0.2) is 59.5 Å². The van der Waals surface area contributed by atoms with Crippen LogP contribution in [0.1, 0.15) is 56.9 Å². The molecule has 3 N–H and O–H groups in total. The maximum Gasteiger partial charge on any atom is 0.240 e. The van der Waals surface area contributed by atoms with E-state index in [0.717, 1.165) is 44.1 Å². The summed E-state index contributed by atoms with van der Waals surface area (Å²) >= 11 is 0. The Labute approximate surface area is 250 Å². The van der Waals surface area contributed by atoms with Gasteiger partial charge in [-0.15, -0.1) is 0 Å². The Morgan fingerprint density at radius 2 is 1.67 bits per heavy atom. The van der Waals surface area contributed by atoms with Crippen molar-refractivity contribution >= 4 is 15.9 Å². The Hall–Kier alpha value is -2.50. The van der Waals surface area contributed by atoms with E-state index in [1.165, 1.54) is 0 Å². The number of sulfonamides is 1. The Kier molecular flexibility index (Phi) is 9.89. The van der Waals surface area contributed by atoms with Crippen LogP contribution in [0.25, 0.3) is 0 Å². The number of hydrogen-bond donors (Lipinski definition) is 3. The molecule has 2 unspecified atom stereocenters. The minimum absolute atomic E-state index is 0.0311. The quantitative estimate of drug-likeness (QED) is 0.324. The molecular weight excluding hydrogens is 554 g/mol. The molecule has 3 fully saturated rings. The molecule has 1 saturated carbocycles. The van der Waals surface area contributed by atoms with Gasteiger partial charge in [0.1, 0.15) is 5.75 Å². The first-order valence-corrected chi connectivity index (χ1v) is 16.7. The molecule has 0 spiro atoms. The van der Waals surface area contributed by atoms with E-state index in [9.17, 15) is 18.3 Å². The summed E-state index contributed by atoms with van der Waals surface area (Å²) in [5.41, 5.74) is 0.519. The van der Waals surface area contributed by atoms with Crippen molar-refractivity contribution in [3.63, 3.8) is 0 Å². The Balaban J connectivity index is 1.25. The number of hydrogen-bond acceptors (Lipinski definition) is 7. The fourth-order valence-corrected chi connectivity index (χ4v) is 8.55. The zero-order valence-electron chi connectivity index (χ0n) is 24.7. The molecule has 42 heavy (non-hydrogen) atoms. The smallest absolute Gasteiger partial charge is 0.240 e. The van der Waals surface area contributed by atoms with Gasteiger partial charge in [0.25, 0.3) is 0 Å². The summed E-state index contributed by atoms with van der Waals surface area (Å²) in [5.74, 6) is 0.578. The van der Waals surface area contributed by atoms with Crippen LogP contribution < -0.4 is 14.8 Å². The van der Waals surface area contributed by atoms with E-state index in [0.29, 0.717) is 38.2 Å². The third-order valence-corrected chi connectivity index (χ3v) is 11.1. The highest BCUT2D eigenvalue weighted by atomic mass is 32.2. The van der Waals surface area contributed by atoms with Gasteiger partial charge in [-0.1, -0.05) is 43.2 Å². The van der Waals surface area contributed by atoms with Gasteiger partial charge in [0.05, 0.1) is 36.2 Å². The summed E-state index contributed by atoms with van der Waals surface area (Å²) in [5, 5.41) is 14.9. The van der Waals surface area contributed by atoms with E-state index in [1.54, 1.807) is 38.5 Å². The predicted molar refractivity (Wildman–Crippen MR) is 161 cm³/mol. The lowest BCUT2D eigenvalue weighted by atomic mass is 9.85. The Morgan fingerprint density at radius 1 is 1.02 bits per heavy atom. The van der Waals surface area contributed by atoms with Gasteiger partial charge in [-0.25, -0.2) is 13.1 Å². The summed E-state index contributed by atoms with van der Waals surface area (Å²) in [6.45, 7) is 0.819. The number of aliphatic hydroxyl groups excluding tert-OH is 1. The number of carbonyl (C=O) groups excluding carboxylic acids is 1. The molecule has 2 heterocycles. The molecule has 3 aliphatic rings. The van der Waals surface area contributed by atoms with Gasteiger partial charge in [-0.2, -0.15) is 0 Å². The number of amides is 1. The van der Waals surface area contributed by atoms with Gasteiger partial charge in [-0.3, -0.25) is 9.69 Å². The van der Waals surface area contributed by atoms with E-state index >= 15 is 0 Å². The number of nitrogens with one attached hydrogen (secondary N) is 2. The first kappa shape index (κ1) is 30.9. The molecule has 2 aromatic rings. The zero-order valence-corrected chi connectivity index (χ0v) is 25.5. The lowest BCUT2D eigenvalue weighted by Gasteiger charge is -2.41. The maximum atomic E-state index is 13.6. The molecule has 5 rings (SSSR count). The number of fused-ring (bicyclic) bond motifs is 2. The van der Waals surface area contributed by atoms with Crippen LogP contribution in [0, 0.1) is 5.41 Å². The second-order valence-corrected chi connectivity index (χ2v) is 14.0. The van der Waals surface area contributed by atoms with Crippen molar-refractivity contribution in [1.29, 1.82) is 0 Å². The Bertz CT molecular complexity index is 1270. The molecule has 10 heteroatoms. The zero-order chi connectivity index (χ0) is 29.7. The minimum atomic E-state index is -3.66. The van der Waals surface area contributed by atoms with Crippen LogP contribution in [-0.2, 0) is 26.0 Å². The van der Waals surface area contributed by atoms with Crippen molar-refractivity contribution in [2.75, 3.05) is 27.4 Å². The maximum absolute atomic E-state index is 13.6. The van der Waals surface area contributed by atoms with E-state index in [4.69, 9.17) is 9.47 Å². The van der Waals surface area contributed by atoms with Crippen LogP contribution in [-0.4, -0.2) is 82.0 Å². The number of piperidine rings is 1. The summed E-state index contributed by atoms with van der Waals surface area (Å²) in [4.78, 5) is 16.2. The molecule has 0 radical (unpaired) electrons. The normalized spacial score (nSPS) is 25.2. The molecule has 2 aliphatic heterocycles. The van der Waals surface area contributed by atoms with Gasteiger partial charge < -0.3 is 19.9 Å². The van der Waals surface area contributed by atoms with Gasteiger partial charge >= 0.3 is 0 Å². The van der Waals surface area contributed by atoms with Crippen molar-refractivity contribution < 1.29 is 27.8 Å². The number of methoxy groups -OCH3 is 2. The summed E-state index contributed by atoms with van der Waals surface area (Å²) in [6.07, 6.45) is 6.66. The monoisotopic (exact) mass is 599 g/mol. The van der Waals surface area contributed by atoms with Crippen LogP contribution in [0.3, 0.4) is 0 Å². The highest BCUT2D eigenvalue weighted by molar-refractivity contribution is 7.89. The average molecular weight is 600 g/mol. The SMILES string of the molecule is COCC1(C(=O)N[C@@H](Cc2ccccc2)C(O)CN2[C@@H]3CC[C@H]2CC(NS(=O)(=O)c2ccc(OC)cc2)C3)CCCC1. The molecule has 2 saturated heterocycles. The fraction of sp³-hybridized carbons (Fsp3) is 0.594. The summed E-state index contributed by atoms with van der Waals surface area (Å²) < 4.78 is 39.7. The van der Waals surface area contributed by atoms with Crippen LogP contribution in [0.5, 0.6) is 5.75 Å². The van der Waals surface area contributed by atoms with Gasteiger partial charge in [0, 0.05) is 31.8 Å². The minimum Gasteiger partial charge on any atom is -0.497 e. The number of aliphatic hydroxyl groups is 1. The van der Waals surface area contributed by atoms with Crippen LogP contribution >= 0.6 is 0 Å². The van der Waals surface area contributed by atoms with Crippen LogP contribution in [0.2, 0.25) is 0 Å².